The average Bonchev–Trinajstić information content (AvgIpc) is 3.34. The summed E-state index contributed by atoms with van der Waals surface area (Å²) < 4.78 is 0. The Morgan fingerprint density at radius 1 is 1.15 bits per heavy atom. The molecule has 132 valence electrons. The van der Waals surface area contributed by atoms with Crippen LogP contribution in [0, 0.1) is 0 Å². The van der Waals surface area contributed by atoms with E-state index in [2.05, 4.69) is 33.3 Å². The van der Waals surface area contributed by atoms with Crippen molar-refractivity contribution in [2.45, 2.75) is 18.9 Å². The molecule has 1 saturated heterocycles. The first kappa shape index (κ1) is 16.5. The molecule has 1 aliphatic rings. The molecule has 0 bridgehead atoms. The average molecular weight is 347 g/mol. The molecule has 5 nitrogen and oxygen atoms in total. The number of carboxylic acids is 1. The van der Waals surface area contributed by atoms with Gasteiger partial charge in [-0.25, -0.2) is 4.79 Å². The third kappa shape index (κ3) is 3.39. The van der Waals surface area contributed by atoms with E-state index in [1.807, 2.05) is 30.5 Å². The molecule has 26 heavy (non-hydrogen) atoms. The van der Waals surface area contributed by atoms with E-state index in [1.165, 1.54) is 11.3 Å². The highest BCUT2D eigenvalue weighted by molar-refractivity contribution is 5.95. The van der Waals surface area contributed by atoms with E-state index in [0.29, 0.717) is 11.5 Å². The van der Waals surface area contributed by atoms with Crippen molar-refractivity contribution >= 4 is 5.97 Å². The third-order valence-corrected chi connectivity index (χ3v) is 5.06. The second-order valence-corrected chi connectivity index (χ2v) is 6.78. The molecule has 1 aliphatic heterocycles. The van der Waals surface area contributed by atoms with Gasteiger partial charge < -0.3 is 5.11 Å². The highest BCUT2D eigenvalue weighted by Gasteiger charge is 2.24. The van der Waals surface area contributed by atoms with Crippen LogP contribution in [0.3, 0.4) is 0 Å². The number of carbonyl (C=O) groups is 1. The highest BCUT2D eigenvalue weighted by Crippen LogP contribution is 2.28. The summed E-state index contributed by atoms with van der Waals surface area (Å²) in [4.78, 5) is 13.9. The number of nitrogens with zero attached hydrogens (tertiary/aromatic N) is 2. The van der Waals surface area contributed by atoms with E-state index < -0.39 is 5.97 Å². The maximum atomic E-state index is 11.4. The normalized spacial score (nSPS) is 17.5. The fraction of sp³-hybridized carbons (Fsp3) is 0.238. The summed E-state index contributed by atoms with van der Waals surface area (Å²) in [5.41, 5.74) is 4.48. The van der Waals surface area contributed by atoms with Crippen LogP contribution in [0.5, 0.6) is 0 Å². The molecule has 0 aliphatic carbocycles. The van der Waals surface area contributed by atoms with Crippen LogP contribution in [0.25, 0.3) is 11.1 Å². The molecular formula is C21H21N3O2. The molecule has 2 N–H and O–H groups in total. The molecule has 0 radical (unpaired) electrons. The predicted octanol–water partition coefficient (Wildman–Crippen LogP) is 3.76. The van der Waals surface area contributed by atoms with E-state index in [4.69, 9.17) is 0 Å². The number of likely N-dealkylation sites (tertiary alicyclic amines) is 1. The lowest BCUT2D eigenvalue weighted by Gasteiger charge is -2.16. The lowest BCUT2D eigenvalue weighted by Crippen LogP contribution is -2.19. The summed E-state index contributed by atoms with van der Waals surface area (Å²) >= 11 is 0. The summed E-state index contributed by atoms with van der Waals surface area (Å²) in [7, 11) is 0. The minimum atomic E-state index is -0.897. The Morgan fingerprint density at radius 3 is 2.69 bits per heavy atom. The second-order valence-electron chi connectivity index (χ2n) is 6.78. The number of hydrogen-bond donors (Lipinski definition) is 2. The number of aromatic carboxylic acids is 1. The number of nitrogens with one attached hydrogen (secondary N) is 1. The number of H-pyrrole nitrogens is 1. The highest BCUT2D eigenvalue weighted by atomic mass is 16.4. The van der Waals surface area contributed by atoms with Crippen LogP contribution in [-0.4, -0.2) is 39.3 Å². The molecule has 1 unspecified atom stereocenters. The van der Waals surface area contributed by atoms with Gasteiger partial charge in [-0.3, -0.25) is 10.00 Å². The third-order valence-electron chi connectivity index (χ3n) is 5.06. The van der Waals surface area contributed by atoms with E-state index in [0.717, 1.165) is 37.2 Å². The zero-order chi connectivity index (χ0) is 17.9. The van der Waals surface area contributed by atoms with Crippen LogP contribution >= 0.6 is 0 Å². The fourth-order valence-electron chi connectivity index (χ4n) is 3.69. The van der Waals surface area contributed by atoms with Crippen molar-refractivity contribution in [1.82, 2.24) is 15.1 Å². The van der Waals surface area contributed by atoms with Crippen LogP contribution in [0.4, 0.5) is 0 Å². The fourth-order valence-corrected chi connectivity index (χ4v) is 3.69. The van der Waals surface area contributed by atoms with E-state index >= 15 is 0 Å². The monoisotopic (exact) mass is 347 g/mol. The van der Waals surface area contributed by atoms with Crippen LogP contribution in [0.1, 0.15) is 34.0 Å². The molecule has 0 spiro atoms. The Labute approximate surface area is 152 Å². The smallest absolute Gasteiger partial charge is 0.336 e. The maximum absolute atomic E-state index is 11.4. The van der Waals surface area contributed by atoms with Crippen molar-refractivity contribution in [1.29, 1.82) is 0 Å². The number of hydrogen-bond acceptors (Lipinski definition) is 3. The largest absolute Gasteiger partial charge is 0.478 e. The number of aromatic amines is 1. The van der Waals surface area contributed by atoms with Gasteiger partial charge in [0, 0.05) is 30.9 Å². The minimum absolute atomic E-state index is 0.335. The van der Waals surface area contributed by atoms with Gasteiger partial charge in [0.25, 0.3) is 0 Å². The molecule has 4 rings (SSSR count). The summed E-state index contributed by atoms with van der Waals surface area (Å²) in [6, 6.07) is 17.4. The zero-order valence-electron chi connectivity index (χ0n) is 14.4. The second kappa shape index (κ2) is 7.14. The number of carboxylic acid groups (broad SMARTS) is 1. The van der Waals surface area contributed by atoms with Crippen molar-refractivity contribution in [3.8, 4) is 11.1 Å². The Hall–Kier alpha value is -2.92. The molecule has 3 aromatic rings. The Kier molecular flexibility index (Phi) is 4.54. The van der Waals surface area contributed by atoms with Gasteiger partial charge in [-0.05, 0) is 41.8 Å². The van der Waals surface area contributed by atoms with E-state index in [9.17, 15) is 9.90 Å². The lowest BCUT2D eigenvalue weighted by molar-refractivity contribution is 0.0697. The molecule has 1 atom stereocenters. The first-order valence-corrected chi connectivity index (χ1v) is 8.84. The number of benzene rings is 2. The zero-order valence-corrected chi connectivity index (χ0v) is 14.4. The summed E-state index contributed by atoms with van der Waals surface area (Å²) in [6.07, 6.45) is 2.96. The van der Waals surface area contributed by atoms with Crippen LogP contribution in [0.15, 0.2) is 60.8 Å². The van der Waals surface area contributed by atoms with Crippen molar-refractivity contribution in [3.63, 3.8) is 0 Å². The quantitative estimate of drug-likeness (QED) is 0.737. The lowest BCUT2D eigenvalue weighted by atomic mass is 9.98. The Morgan fingerprint density at radius 2 is 1.96 bits per heavy atom. The van der Waals surface area contributed by atoms with Crippen molar-refractivity contribution in [2.24, 2.45) is 0 Å². The van der Waals surface area contributed by atoms with Crippen molar-refractivity contribution in [2.75, 3.05) is 13.1 Å². The van der Waals surface area contributed by atoms with Gasteiger partial charge in [0.1, 0.15) is 0 Å². The van der Waals surface area contributed by atoms with Crippen LogP contribution < -0.4 is 0 Å². The summed E-state index contributed by atoms with van der Waals surface area (Å²) in [5, 5.41) is 16.5. The van der Waals surface area contributed by atoms with Gasteiger partial charge in [0.15, 0.2) is 0 Å². The summed E-state index contributed by atoms with van der Waals surface area (Å²) in [6.45, 7) is 3.02. The van der Waals surface area contributed by atoms with Gasteiger partial charge in [-0.15, -0.1) is 0 Å². The van der Waals surface area contributed by atoms with Crippen molar-refractivity contribution < 1.29 is 9.90 Å². The molecular weight excluding hydrogens is 326 g/mol. The first-order valence-electron chi connectivity index (χ1n) is 8.84. The van der Waals surface area contributed by atoms with Crippen molar-refractivity contribution in [3.05, 3.63) is 77.6 Å². The molecule has 0 saturated carbocycles. The molecule has 5 heteroatoms. The number of rotatable bonds is 5. The van der Waals surface area contributed by atoms with Crippen LogP contribution in [-0.2, 0) is 6.54 Å². The molecule has 2 aromatic carbocycles. The molecule has 2 heterocycles. The maximum Gasteiger partial charge on any atom is 0.336 e. The van der Waals surface area contributed by atoms with Gasteiger partial charge >= 0.3 is 5.97 Å². The number of aromatic nitrogens is 2. The van der Waals surface area contributed by atoms with Gasteiger partial charge in [-0.1, -0.05) is 42.5 Å². The van der Waals surface area contributed by atoms with E-state index in [1.54, 1.807) is 12.1 Å². The summed E-state index contributed by atoms with van der Waals surface area (Å²) in [5.74, 6) is -0.370. The standard InChI is InChI=1S/C21H21N3O2/c25-21(26)19-4-2-1-3-18(19)16-7-5-15(6-8-16)13-24-12-10-17(14-24)20-9-11-22-23-20/h1-9,11,17H,10,12-14H2,(H,22,23)(H,25,26). The van der Waals surface area contributed by atoms with Gasteiger partial charge in [-0.2, -0.15) is 5.10 Å². The van der Waals surface area contributed by atoms with Gasteiger partial charge in [0.2, 0.25) is 0 Å². The van der Waals surface area contributed by atoms with Gasteiger partial charge in [0.05, 0.1) is 5.56 Å². The Bertz CT molecular complexity index is 888. The predicted molar refractivity (Wildman–Crippen MR) is 100 cm³/mol. The first-order chi connectivity index (χ1) is 12.7. The minimum Gasteiger partial charge on any atom is -0.478 e. The molecule has 1 aromatic heterocycles. The van der Waals surface area contributed by atoms with Crippen LogP contribution in [0.2, 0.25) is 0 Å². The Balaban J connectivity index is 1.45. The SMILES string of the molecule is O=C(O)c1ccccc1-c1ccc(CN2CCC(c3ccn[nH]3)C2)cc1. The molecule has 0 amide bonds. The topological polar surface area (TPSA) is 69.2 Å². The molecule has 1 fully saturated rings. The van der Waals surface area contributed by atoms with E-state index in [-0.39, 0.29) is 0 Å².